The average molecular weight is 389 g/mol. The van der Waals surface area contributed by atoms with Crippen LogP contribution in [0.15, 0.2) is 71.3 Å². The van der Waals surface area contributed by atoms with Crippen molar-refractivity contribution in [1.82, 2.24) is 5.32 Å². The van der Waals surface area contributed by atoms with Gasteiger partial charge in [0.2, 0.25) is 0 Å². The van der Waals surface area contributed by atoms with Gasteiger partial charge in [0, 0.05) is 35.6 Å². The second kappa shape index (κ2) is 8.65. The molecule has 0 atom stereocenters. The molecular formula is C23H23N3O3. The Morgan fingerprint density at radius 3 is 2.14 bits per heavy atom. The van der Waals surface area contributed by atoms with Crippen LogP contribution in [0.25, 0.3) is 0 Å². The van der Waals surface area contributed by atoms with Crippen molar-refractivity contribution in [3.05, 3.63) is 83.8 Å². The van der Waals surface area contributed by atoms with Gasteiger partial charge in [0.15, 0.2) is 0 Å². The number of carbonyl (C=O) groups is 2. The maximum Gasteiger partial charge on any atom is 0.255 e. The first kappa shape index (κ1) is 18.8. The van der Waals surface area contributed by atoms with Gasteiger partial charge in [-0.2, -0.15) is 0 Å². The Balaban J connectivity index is 1.33. The molecule has 0 saturated carbocycles. The molecule has 2 heterocycles. The molecule has 29 heavy (non-hydrogen) atoms. The highest BCUT2D eigenvalue weighted by Crippen LogP contribution is 2.22. The van der Waals surface area contributed by atoms with Crippen LogP contribution in [-0.2, 0) is 6.54 Å². The van der Waals surface area contributed by atoms with E-state index >= 15 is 0 Å². The summed E-state index contributed by atoms with van der Waals surface area (Å²) in [6.07, 6.45) is 4.03. The smallest absolute Gasteiger partial charge is 0.255 e. The van der Waals surface area contributed by atoms with Crippen LogP contribution in [0.5, 0.6) is 0 Å². The molecule has 0 bridgehead atoms. The second-order valence-electron chi connectivity index (χ2n) is 7.03. The van der Waals surface area contributed by atoms with Crippen molar-refractivity contribution in [2.75, 3.05) is 23.3 Å². The van der Waals surface area contributed by atoms with Crippen LogP contribution >= 0.6 is 0 Å². The van der Waals surface area contributed by atoms with Crippen molar-refractivity contribution in [3.8, 4) is 0 Å². The Morgan fingerprint density at radius 2 is 1.52 bits per heavy atom. The number of anilines is 2. The number of hydrogen-bond donors (Lipinski definition) is 2. The topological polar surface area (TPSA) is 74.6 Å². The molecule has 3 aromatic rings. The lowest BCUT2D eigenvalue weighted by molar-refractivity contribution is 0.0946. The quantitative estimate of drug-likeness (QED) is 0.667. The van der Waals surface area contributed by atoms with Crippen molar-refractivity contribution in [3.63, 3.8) is 0 Å². The van der Waals surface area contributed by atoms with Gasteiger partial charge in [-0.3, -0.25) is 9.59 Å². The number of hydrogen-bond acceptors (Lipinski definition) is 4. The fourth-order valence-electron chi connectivity index (χ4n) is 3.39. The van der Waals surface area contributed by atoms with Gasteiger partial charge in [0.25, 0.3) is 11.8 Å². The van der Waals surface area contributed by atoms with Crippen molar-refractivity contribution >= 4 is 23.2 Å². The van der Waals surface area contributed by atoms with E-state index in [1.165, 1.54) is 18.5 Å². The third-order valence-corrected chi connectivity index (χ3v) is 5.01. The molecule has 1 fully saturated rings. The van der Waals surface area contributed by atoms with Gasteiger partial charge >= 0.3 is 0 Å². The van der Waals surface area contributed by atoms with Gasteiger partial charge in [-0.05, 0) is 73.5 Å². The molecule has 1 aliphatic heterocycles. The summed E-state index contributed by atoms with van der Waals surface area (Å²) >= 11 is 0. The van der Waals surface area contributed by atoms with E-state index in [4.69, 9.17) is 4.42 Å². The molecule has 2 amide bonds. The third-order valence-electron chi connectivity index (χ3n) is 5.01. The van der Waals surface area contributed by atoms with E-state index in [2.05, 4.69) is 15.5 Å². The number of rotatable bonds is 6. The molecule has 6 heteroatoms. The first-order chi connectivity index (χ1) is 14.2. The molecule has 148 valence electrons. The van der Waals surface area contributed by atoms with Gasteiger partial charge < -0.3 is 20.0 Å². The zero-order valence-corrected chi connectivity index (χ0v) is 16.1. The minimum Gasteiger partial charge on any atom is -0.467 e. The highest BCUT2D eigenvalue weighted by Gasteiger charge is 2.13. The summed E-state index contributed by atoms with van der Waals surface area (Å²) in [5.74, 6) is 0.262. The molecule has 1 saturated heterocycles. The Kier molecular flexibility index (Phi) is 5.61. The first-order valence-corrected chi connectivity index (χ1v) is 9.76. The SMILES string of the molecule is O=C(NCc1ccco1)c1ccc(C(=O)Nc2ccc(N3CCCC3)cc2)cc1. The lowest BCUT2D eigenvalue weighted by Gasteiger charge is -2.17. The molecular weight excluding hydrogens is 366 g/mol. The Bertz CT molecular complexity index is 958. The van der Waals surface area contributed by atoms with E-state index in [0.29, 0.717) is 23.4 Å². The van der Waals surface area contributed by atoms with Crippen LogP contribution in [0, 0.1) is 0 Å². The van der Waals surface area contributed by atoms with Crippen molar-refractivity contribution in [1.29, 1.82) is 0 Å². The van der Waals surface area contributed by atoms with Gasteiger partial charge in [0.1, 0.15) is 5.76 Å². The van der Waals surface area contributed by atoms with Gasteiger partial charge in [-0.25, -0.2) is 0 Å². The molecule has 4 rings (SSSR count). The van der Waals surface area contributed by atoms with Crippen molar-refractivity contribution in [2.24, 2.45) is 0 Å². The maximum atomic E-state index is 12.5. The van der Waals surface area contributed by atoms with E-state index in [1.54, 1.807) is 42.7 Å². The predicted molar refractivity (Wildman–Crippen MR) is 112 cm³/mol. The first-order valence-electron chi connectivity index (χ1n) is 9.76. The van der Waals surface area contributed by atoms with E-state index in [0.717, 1.165) is 18.8 Å². The van der Waals surface area contributed by atoms with E-state index < -0.39 is 0 Å². The summed E-state index contributed by atoms with van der Waals surface area (Å²) in [6.45, 7) is 2.50. The summed E-state index contributed by atoms with van der Waals surface area (Å²) < 4.78 is 5.19. The average Bonchev–Trinajstić information content (AvgIpc) is 3.47. The van der Waals surface area contributed by atoms with Crippen molar-refractivity contribution in [2.45, 2.75) is 19.4 Å². The molecule has 0 spiro atoms. The largest absolute Gasteiger partial charge is 0.467 e. The summed E-state index contributed by atoms with van der Waals surface area (Å²) in [6, 6.07) is 18.1. The molecule has 2 aromatic carbocycles. The lowest BCUT2D eigenvalue weighted by atomic mass is 10.1. The standard InChI is InChI=1S/C23H23N3O3/c27-22(24-16-21-4-3-15-29-21)17-5-7-18(8-6-17)23(28)25-19-9-11-20(12-10-19)26-13-1-2-14-26/h3-12,15H,1-2,13-14,16H2,(H,24,27)(H,25,28). The normalized spacial score (nSPS) is 13.3. The molecule has 2 N–H and O–H groups in total. The predicted octanol–water partition coefficient (Wildman–Crippen LogP) is 4.06. The monoisotopic (exact) mass is 389 g/mol. The van der Waals surface area contributed by atoms with E-state index in [1.807, 2.05) is 24.3 Å². The highest BCUT2D eigenvalue weighted by molar-refractivity contribution is 6.05. The number of nitrogens with zero attached hydrogens (tertiary/aromatic N) is 1. The van der Waals surface area contributed by atoms with Crippen LogP contribution in [0.2, 0.25) is 0 Å². The Morgan fingerprint density at radius 1 is 0.862 bits per heavy atom. The number of carbonyl (C=O) groups excluding carboxylic acids is 2. The Labute approximate surface area is 169 Å². The van der Waals surface area contributed by atoms with Gasteiger partial charge in [-0.1, -0.05) is 0 Å². The summed E-state index contributed by atoms with van der Waals surface area (Å²) in [4.78, 5) is 27.0. The zero-order chi connectivity index (χ0) is 20.1. The van der Waals surface area contributed by atoms with Crippen LogP contribution in [0.3, 0.4) is 0 Å². The molecule has 0 unspecified atom stereocenters. The lowest BCUT2D eigenvalue weighted by Crippen LogP contribution is -2.22. The Hall–Kier alpha value is -3.54. The summed E-state index contributed by atoms with van der Waals surface area (Å²) in [5.41, 5.74) is 2.92. The number of nitrogens with one attached hydrogen (secondary N) is 2. The fraction of sp³-hybridized carbons (Fsp3) is 0.217. The summed E-state index contributed by atoms with van der Waals surface area (Å²) in [7, 11) is 0. The fourth-order valence-corrected chi connectivity index (χ4v) is 3.39. The molecule has 1 aliphatic rings. The third kappa shape index (κ3) is 4.66. The minimum absolute atomic E-state index is 0.207. The van der Waals surface area contributed by atoms with Crippen LogP contribution in [-0.4, -0.2) is 24.9 Å². The molecule has 6 nitrogen and oxygen atoms in total. The van der Waals surface area contributed by atoms with Crippen LogP contribution in [0.1, 0.15) is 39.3 Å². The maximum absolute atomic E-state index is 12.5. The van der Waals surface area contributed by atoms with Crippen LogP contribution < -0.4 is 15.5 Å². The summed E-state index contributed by atoms with van der Waals surface area (Å²) in [5, 5.41) is 5.68. The number of benzene rings is 2. The highest BCUT2D eigenvalue weighted by atomic mass is 16.3. The van der Waals surface area contributed by atoms with Gasteiger partial charge in [0.05, 0.1) is 12.8 Å². The second-order valence-corrected chi connectivity index (χ2v) is 7.03. The van der Waals surface area contributed by atoms with Crippen molar-refractivity contribution < 1.29 is 14.0 Å². The number of amides is 2. The van der Waals surface area contributed by atoms with Crippen LogP contribution in [0.4, 0.5) is 11.4 Å². The van der Waals surface area contributed by atoms with E-state index in [9.17, 15) is 9.59 Å². The molecule has 0 aliphatic carbocycles. The zero-order valence-electron chi connectivity index (χ0n) is 16.1. The molecule has 0 radical (unpaired) electrons. The number of furan rings is 1. The van der Waals surface area contributed by atoms with Gasteiger partial charge in [-0.15, -0.1) is 0 Å². The minimum atomic E-state index is -0.217. The molecule has 1 aromatic heterocycles. The van der Waals surface area contributed by atoms with E-state index in [-0.39, 0.29) is 11.8 Å².